The molecule has 1 aromatic carbocycles. The average Bonchev–Trinajstić information content (AvgIpc) is 2.63. The van der Waals surface area contributed by atoms with Crippen molar-refractivity contribution in [3.05, 3.63) is 47.8 Å². The average molecular weight is 329 g/mol. The third-order valence-corrected chi connectivity index (χ3v) is 6.72. The van der Waals surface area contributed by atoms with Crippen LogP contribution in [0.25, 0.3) is 0 Å². The molecule has 3 rings (SSSR count). The van der Waals surface area contributed by atoms with Gasteiger partial charge in [0.1, 0.15) is 5.82 Å². The zero-order valence-electron chi connectivity index (χ0n) is 15.3. The number of halogens is 1. The highest BCUT2D eigenvalue weighted by atomic mass is 19.1. The highest BCUT2D eigenvalue weighted by molar-refractivity contribution is 5.26. The van der Waals surface area contributed by atoms with Gasteiger partial charge >= 0.3 is 0 Å². The standard InChI is InChI=1S/C23H33F/c1-3-18-5-7-19(8-6-18)9-10-20-11-14-21(15-12-20)22-13-4-17(2)23(24)16-22/h3-4,13,16,18-21H,1,5-12,14-15H2,2H3. The van der Waals surface area contributed by atoms with Crippen LogP contribution in [0.15, 0.2) is 30.9 Å². The lowest BCUT2D eigenvalue weighted by Gasteiger charge is -2.31. The fourth-order valence-electron chi connectivity index (χ4n) is 4.83. The molecule has 2 fully saturated rings. The van der Waals surface area contributed by atoms with E-state index in [1.165, 1.54) is 69.8 Å². The minimum atomic E-state index is -0.0373. The van der Waals surface area contributed by atoms with Crippen LogP contribution in [0, 0.1) is 30.5 Å². The Hall–Kier alpha value is -1.11. The monoisotopic (exact) mass is 328 g/mol. The Kier molecular flexibility index (Phi) is 6.14. The van der Waals surface area contributed by atoms with Gasteiger partial charge in [0.15, 0.2) is 0 Å². The minimum Gasteiger partial charge on any atom is -0.207 e. The van der Waals surface area contributed by atoms with E-state index in [4.69, 9.17) is 0 Å². The highest BCUT2D eigenvalue weighted by Gasteiger charge is 2.25. The maximum atomic E-state index is 13.8. The molecule has 24 heavy (non-hydrogen) atoms. The lowest BCUT2D eigenvalue weighted by atomic mass is 9.74. The molecule has 0 N–H and O–H groups in total. The molecule has 0 heterocycles. The SMILES string of the molecule is C=CC1CCC(CCC2CCC(c3ccc(C)c(F)c3)CC2)CC1. The van der Waals surface area contributed by atoms with Gasteiger partial charge in [-0.15, -0.1) is 6.58 Å². The first-order valence-corrected chi connectivity index (χ1v) is 10.0. The minimum absolute atomic E-state index is 0.0373. The summed E-state index contributed by atoms with van der Waals surface area (Å²) >= 11 is 0. The Morgan fingerprint density at radius 3 is 2.08 bits per heavy atom. The van der Waals surface area contributed by atoms with Crippen LogP contribution in [-0.2, 0) is 0 Å². The Morgan fingerprint density at radius 2 is 1.54 bits per heavy atom. The first-order valence-electron chi connectivity index (χ1n) is 10.0. The maximum absolute atomic E-state index is 13.8. The van der Waals surface area contributed by atoms with Crippen LogP contribution in [0.5, 0.6) is 0 Å². The number of rotatable bonds is 5. The van der Waals surface area contributed by atoms with Gasteiger partial charge in [-0.25, -0.2) is 4.39 Å². The molecule has 2 aliphatic carbocycles. The van der Waals surface area contributed by atoms with Crippen molar-refractivity contribution in [1.29, 1.82) is 0 Å². The maximum Gasteiger partial charge on any atom is 0.126 e. The number of hydrogen-bond donors (Lipinski definition) is 0. The normalized spacial score (nSPS) is 30.9. The first kappa shape index (κ1) is 17.7. The summed E-state index contributed by atoms with van der Waals surface area (Å²) in [6, 6.07) is 5.86. The summed E-state index contributed by atoms with van der Waals surface area (Å²) in [5.74, 6) is 3.20. The quantitative estimate of drug-likeness (QED) is 0.502. The molecule has 132 valence electrons. The van der Waals surface area contributed by atoms with Crippen molar-refractivity contribution in [2.75, 3.05) is 0 Å². The molecule has 0 aliphatic heterocycles. The van der Waals surface area contributed by atoms with E-state index in [1.54, 1.807) is 6.07 Å². The second kappa shape index (κ2) is 8.32. The largest absolute Gasteiger partial charge is 0.207 e. The van der Waals surface area contributed by atoms with Crippen molar-refractivity contribution in [2.24, 2.45) is 17.8 Å². The summed E-state index contributed by atoms with van der Waals surface area (Å²) in [5, 5.41) is 0. The van der Waals surface area contributed by atoms with E-state index in [2.05, 4.69) is 18.7 Å². The summed E-state index contributed by atoms with van der Waals surface area (Å²) in [5.41, 5.74) is 1.98. The second-order valence-electron chi connectivity index (χ2n) is 8.32. The summed E-state index contributed by atoms with van der Waals surface area (Å²) in [6.45, 7) is 5.79. The molecular weight excluding hydrogens is 295 g/mol. The number of benzene rings is 1. The fourth-order valence-corrected chi connectivity index (χ4v) is 4.83. The summed E-state index contributed by atoms with van der Waals surface area (Å²) in [6.07, 6.45) is 15.7. The third kappa shape index (κ3) is 4.49. The topological polar surface area (TPSA) is 0 Å². The van der Waals surface area contributed by atoms with Crippen molar-refractivity contribution in [3.8, 4) is 0 Å². The molecule has 0 aromatic heterocycles. The van der Waals surface area contributed by atoms with Crippen LogP contribution in [0.2, 0.25) is 0 Å². The smallest absolute Gasteiger partial charge is 0.126 e. The molecule has 0 spiro atoms. The molecule has 0 saturated heterocycles. The molecule has 1 heteroatoms. The lowest BCUT2D eigenvalue weighted by molar-refractivity contribution is 0.246. The van der Waals surface area contributed by atoms with Gasteiger partial charge in [-0.1, -0.05) is 31.1 Å². The van der Waals surface area contributed by atoms with Crippen LogP contribution in [0.3, 0.4) is 0 Å². The van der Waals surface area contributed by atoms with E-state index in [0.29, 0.717) is 5.92 Å². The zero-order valence-corrected chi connectivity index (χ0v) is 15.3. The summed E-state index contributed by atoms with van der Waals surface area (Å²) in [7, 11) is 0. The molecule has 2 aliphatic rings. The molecule has 0 unspecified atom stereocenters. The molecule has 0 bridgehead atoms. The Balaban J connectivity index is 1.40. The van der Waals surface area contributed by atoms with Crippen LogP contribution >= 0.6 is 0 Å². The molecule has 2 saturated carbocycles. The van der Waals surface area contributed by atoms with E-state index in [1.807, 2.05) is 13.0 Å². The molecule has 0 amide bonds. The van der Waals surface area contributed by atoms with Crippen LogP contribution in [0.4, 0.5) is 4.39 Å². The summed E-state index contributed by atoms with van der Waals surface area (Å²) in [4.78, 5) is 0. The Morgan fingerprint density at radius 1 is 0.958 bits per heavy atom. The van der Waals surface area contributed by atoms with E-state index < -0.39 is 0 Å². The van der Waals surface area contributed by atoms with Crippen molar-refractivity contribution in [1.82, 2.24) is 0 Å². The second-order valence-corrected chi connectivity index (χ2v) is 8.32. The van der Waals surface area contributed by atoms with Crippen molar-refractivity contribution in [3.63, 3.8) is 0 Å². The van der Waals surface area contributed by atoms with Crippen LogP contribution in [0.1, 0.15) is 81.3 Å². The van der Waals surface area contributed by atoms with Gasteiger partial charge in [0.05, 0.1) is 0 Å². The van der Waals surface area contributed by atoms with Crippen molar-refractivity contribution >= 4 is 0 Å². The van der Waals surface area contributed by atoms with Gasteiger partial charge in [-0.2, -0.15) is 0 Å². The van der Waals surface area contributed by atoms with Crippen molar-refractivity contribution < 1.29 is 4.39 Å². The number of aryl methyl sites for hydroxylation is 1. The molecular formula is C23H33F. The fraction of sp³-hybridized carbons (Fsp3) is 0.652. The van der Waals surface area contributed by atoms with E-state index in [9.17, 15) is 4.39 Å². The van der Waals surface area contributed by atoms with E-state index in [-0.39, 0.29) is 5.82 Å². The van der Waals surface area contributed by atoms with E-state index >= 15 is 0 Å². The predicted octanol–water partition coefficient (Wildman–Crippen LogP) is 7.18. The Labute approximate surface area is 147 Å². The van der Waals surface area contributed by atoms with Gasteiger partial charge in [-0.3, -0.25) is 0 Å². The van der Waals surface area contributed by atoms with Gasteiger partial charge in [0.2, 0.25) is 0 Å². The van der Waals surface area contributed by atoms with Gasteiger partial charge in [0.25, 0.3) is 0 Å². The third-order valence-electron chi connectivity index (χ3n) is 6.72. The predicted molar refractivity (Wildman–Crippen MR) is 101 cm³/mol. The van der Waals surface area contributed by atoms with Crippen LogP contribution in [-0.4, -0.2) is 0 Å². The van der Waals surface area contributed by atoms with Gasteiger partial charge in [-0.05, 0) is 99.2 Å². The summed E-state index contributed by atoms with van der Waals surface area (Å²) < 4.78 is 13.8. The van der Waals surface area contributed by atoms with Gasteiger partial charge in [0, 0.05) is 0 Å². The highest BCUT2D eigenvalue weighted by Crippen LogP contribution is 2.40. The molecule has 0 atom stereocenters. The van der Waals surface area contributed by atoms with Crippen LogP contribution < -0.4 is 0 Å². The molecule has 0 radical (unpaired) electrons. The lowest BCUT2D eigenvalue weighted by Crippen LogP contribution is -2.17. The number of hydrogen-bond acceptors (Lipinski definition) is 0. The first-order chi connectivity index (χ1) is 11.7. The van der Waals surface area contributed by atoms with Crippen molar-refractivity contribution in [2.45, 2.75) is 77.0 Å². The van der Waals surface area contributed by atoms with E-state index in [0.717, 1.165) is 23.3 Å². The van der Waals surface area contributed by atoms with Gasteiger partial charge < -0.3 is 0 Å². The number of allylic oxidation sites excluding steroid dienone is 1. The zero-order chi connectivity index (χ0) is 16.9. The molecule has 1 aromatic rings. The molecule has 0 nitrogen and oxygen atoms in total. The Bertz CT molecular complexity index is 531.